The SMILES string of the molecule is CC(C)C1SSCc2nccnc21.CC(C)C1SSc2nccnc21. The maximum absolute atomic E-state index is 4.43. The van der Waals surface area contributed by atoms with Gasteiger partial charge in [0.1, 0.15) is 5.03 Å². The van der Waals surface area contributed by atoms with Gasteiger partial charge in [-0.2, -0.15) is 0 Å². The van der Waals surface area contributed by atoms with E-state index in [2.05, 4.69) is 47.6 Å². The van der Waals surface area contributed by atoms with Gasteiger partial charge in [0, 0.05) is 30.5 Å². The molecule has 0 saturated heterocycles. The highest BCUT2D eigenvalue weighted by molar-refractivity contribution is 8.77. The van der Waals surface area contributed by atoms with Crippen LogP contribution in [0.15, 0.2) is 29.8 Å². The van der Waals surface area contributed by atoms with Crippen LogP contribution in [0.25, 0.3) is 0 Å². The largest absolute Gasteiger partial charge is 0.257 e. The lowest BCUT2D eigenvalue weighted by Crippen LogP contribution is -2.11. The van der Waals surface area contributed by atoms with Crippen LogP contribution in [0, 0.1) is 11.8 Å². The highest BCUT2D eigenvalue weighted by Crippen LogP contribution is 2.54. The van der Waals surface area contributed by atoms with Gasteiger partial charge in [-0.15, -0.1) is 0 Å². The highest BCUT2D eigenvalue weighted by atomic mass is 33.1. The molecule has 4 heterocycles. The average molecular weight is 411 g/mol. The van der Waals surface area contributed by atoms with E-state index in [4.69, 9.17) is 0 Å². The molecule has 0 spiro atoms. The molecule has 4 rings (SSSR count). The van der Waals surface area contributed by atoms with Gasteiger partial charge >= 0.3 is 0 Å². The minimum atomic E-state index is 0.516. The summed E-state index contributed by atoms with van der Waals surface area (Å²) in [4.78, 5) is 17.4. The molecule has 2 aliphatic rings. The Hall–Kier alpha value is -0.440. The molecule has 0 saturated carbocycles. The molecule has 0 bridgehead atoms. The molecule has 8 heteroatoms. The summed E-state index contributed by atoms with van der Waals surface area (Å²) in [7, 11) is 7.43. The van der Waals surface area contributed by atoms with E-state index in [1.54, 1.807) is 35.6 Å². The summed E-state index contributed by atoms with van der Waals surface area (Å²) >= 11 is 0. The standard InChI is InChI=1S/C9H12N2S2.C8H10N2S2/c1-6(2)9-8-7(5-12-13-9)10-3-4-11-8;1-5(2)7-6-8(12-11-7)10-4-3-9-6/h3-4,6,9H,5H2,1-2H3;3-5,7H,1-2H3. The van der Waals surface area contributed by atoms with E-state index in [0.29, 0.717) is 22.3 Å². The average Bonchev–Trinajstić information content (AvgIpc) is 3.06. The van der Waals surface area contributed by atoms with Crippen LogP contribution in [0.5, 0.6) is 0 Å². The first-order chi connectivity index (χ1) is 12.1. The van der Waals surface area contributed by atoms with Gasteiger partial charge in [-0.25, -0.2) is 4.98 Å². The molecule has 2 unspecified atom stereocenters. The topological polar surface area (TPSA) is 51.6 Å². The van der Waals surface area contributed by atoms with Crippen molar-refractivity contribution in [2.45, 2.75) is 49.0 Å². The summed E-state index contributed by atoms with van der Waals surface area (Å²) in [6.07, 6.45) is 7.12. The molecule has 0 aliphatic carbocycles. The first kappa shape index (κ1) is 19.3. The Labute approximate surface area is 165 Å². The number of nitrogens with zero attached hydrogens (tertiary/aromatic N) is 4. The molecule has 0 aromatic carbocycles. The van der Waals surface area contributed by atoms with Gasteiger partial charge in [0.05, 0.1) is 27.6 Å². The Balaban J connectivity index is 0.000000146. The van der Waals surface area contributed by atoms with E-state index in [1.807, 2.05) is 32.4 Å². The number of hydrogen-bond acceptors (Lipinski definition) is 8. The minimum Gasteiger partial charge on any atom is -0.257 e. The number of fused-ring (bicyclic) bond motifs is 2. The third kappa shape index (κ3) is 4.64. The van der Waals surface area contributed by atoms with Gasteiger partial charge in [-0.3, -0.25) is 15.0 Å². The molecule has 2 aromatic rings. The van der Waals surface area contributed by atoms with Gasteiger partial charge in [-0.1, -0.05) is 60.1 Å². The van der Waals surface area contributed by atoms with Crippen molar-refractivity contribution in [3.8, 4) is 0 Å². The van der Waals surface area contributed by atoms with Crippen molar-refractivity contribution < 1.29 is 0 Å². The lowest BCUT2D eigenvalue weighted by atomic mass is 10.1. The summed E-state index contributed by atoms with van der Waals surface area (Å²) in [5, 5.41) is 2.14. The molecule has 25 heavy (non-hydrogen) atoms. The highest BCUT2D eigenvalue weighted by Gasteiger charge is 2.29. The summed E-state index contributed by atoms with van der Waals surface area (Å²) in [5.41, 5.74) is 3.54. The van der Waals surface area contributed by atoms with Crippen LogP contribution < -0.4 is 0 Å². The quantitative estimate of drug-likeness (QED) is 0.559. The van der Waals surface area contributed by atoms with E-state index in [1.165, 1.54) is 17.1 Å². The fourth-order valence-electron chi connectivity index (χ4n) is 2.53. The Kier molecular flexibility index (Phi) is 6.93. The first-order valence-corrected chi connectivity index (χ1v) is 12.9. The predicted molar refractivity (Wildman–Crippen MR) is 112 cm³/mol. The smallest absolute Gasteiger partial charge is 0.129 e. The molecular formula is C17H22N4S4. The summed E-state index contributed by atoms with van der Waals surface area (Å²) in [6, 6.07) is 0. The van der Waals surface area contributed by atoms with E-state index < -0.39 is 0 Å². The second-order valence-corrected chi connectivity index (χ2v) is 11.3. The Morgan fingerprint density at radius 3 is 2.12 bits per heavy atom. The monoisotopic (exact) mass is 410 g/mol. The lowest BCUT2D eigenvalue weighted by molar-refractivity contribution is 0.612. The minimum absolute atomic E-state index is 0.516. The molecule has 4 nitrogen and oxygen atoms in total. The van der Waals surface area contributed by atoms with Gasteiger partial charge in [0.25, 0.3) is 0 Å². The van der Waals surface area contributed by atoms with Crippen LogP contribution in [-0.2, 0) is 5.75 Å². The van der Waals surface area contributed by atoms with Gasteiger partial charge in [0.15, 0.2) is 0 Å². The van der Waals surface area contributed by atoms with E-state index in [-0.39, 0.29) is 0 Å². The maximum atomic E-state index is 4.43. The van der Waals surface area contributed by atoms with Crippen LogP contribution >= 0.6 is 43.2 Å². The Morgan fingerprint density at radius 1 is 0.800 bits per heavy atom. The molecule has 134 valence electrons. The van der Waals surface area contributed by atoms with Crippen molar-refractivity contribution in [3.63, 3.8) is 0 Å². The molecule has 0 amide bonds. The number of aromatic nitrogens is 4. The van der Waals surface area contributed by atoms with E-state index >= 15 is 0 Å². The first-order valence-electron chi connectivity index (χ1n) is 8.30. The Bertz CT molecular complexity index is 711. The predicted octanol–water partition coefficient (Wildman–Crippen LogP) is 6.00. The lowest BCUT2D eigenvalue weighted by Gasteiger charge is -2.24. The van der Waals surface area contributed by atoms with Crippen molar-refractivity contribution >= 4 is 43.2 Å². The van der Waals surface area contributed by atoms with Gasteiger partial charge in [-0.05, 0) is 22.6 Å². The number of rotatable bonds is 2. The van der Waals surface area contributed by atoms with Crippen LogP contribution in [0.4, 0.5) is 0 Å². The molecule has 0 fully saturated rings. The van der Waals surface area contributed by atoms with Crippen molar-refractivity contribution in [2.24, 2.45) is 11.8 Å². The van der Waals surface area contributed by atoms with Crippen LogP contribution in [-0.4, -0.2) is 19.9 Å². The second kappa shape index (κ2) is 8.97. The summed E-state index contributed by atoms with van der Waals surface area (Å²) < 4.78 is 0. The zero-order chi connectivity index (χ0) is 17.8. The number of hydrogen-bond donors (Lipinski definition) is 0. The maximum Gasteiger partial charge on any atom is 0.129 e. The zero-order valence-corrected chi connectivity index (χ0v) is 18.0. The molecule has 0 radical (unpaired) electrons. The second-order valence-electron chi connectivity index (χ2n) is 6.50. The normalized spacial score (nSPS) is 21.5. The van der Waals surface area contributed by atoms with E-state index in [9.17, 15) is 0 Å². The summed E-state index contributed by atoms with van der Waals surface area (Å²) in [6.45, 7) is 8.92. The van der Waals surface area contributed by atoms with Gasteiger partial charge in [0.2, 0.25) is 0 Å². The molecule has 2 aliphatic heterocycles. The molecule has 2 atom stereocenters. The van der Waals surface area contributed by atoms with Gasteiger partial charge < -0.3 is 0 Å². The Morgan fingerprint density at radius 2 is 1.40 bits per heavy atom. The fourth-order valence-corrected chi connectivity index (χ4v) is 8.54. The molecular weight excluding hydrogens is 388 g/mol. The van der Waals surface area contributed by atoms with Crippen molar-refractivity contribution in [1.82, 2.24) is 19.9 Å². The van der Waals surface area contributed by atoms with Crippen molar-refractivity contribution in [1.29, 1.82) is 0 Å². The van der Waals surface area contributed by atoms with Crippen molar-refractivity contribution in [2.75, 3.05) is 0 Å². The summed E-state index contributed by atoms with van der Waals surface area (Å²) in [5.74, 6) is 2.27. The molecule has 0 N–H and O–H groups in total. The third-order valence-corrected chi connectivity index (χ3v) is 9.66. The molecule has 2 aromatic heterocycles. The van der Waals surface area contributed by atoms with E-state index in [0.717, 1.165) is 10.8 Å². The third-order valence-electron chi connectivity index (χ3n) is 3.85. The fraction of sp³-hybridized carbons (Fsp3) is 0.529. The zero-order valence-electron chi connectivity index (χ0n) is 14.7. The van der Waals surface area contributed by atoms with Crippen LogP contribution in [0.3, 0.4) is 0 Å². The van der Waals surface area contributed by atoms with Crippen LogP contribution in [0.2, 0.25) is 0 Å². The van der Waals surface area contributed by atoms with Crippen molar-refractivity contribution in [3.05, 3.63) is 41.9 Å². The van der Waals surface area contributed by atoms with Crippen LogP contribution in [0.1, 0.15) is 55.3 Å².